The van der Waals surface area contributed by atoms with E-state index in [4.69, 9.17) is 0 Å². The Morgan fingerprint density at radius 3 is 2.53 bits per heavy atom. The maximum absolute atomic E-state index is 11.7. The molecule has 0 atom stereocenters. The van der Waals surface area contributed by atoms with Crippen LogP contribution in [0.5, 0.6) is 0 Å². The summed E-state index contributed by atoms with van der Waals surface area (Å²) in [6.45, 7) is 8.06. The van der Waals surface area contributed by atoms with Crippen LogP contribution in [-0.2, 0) is 12.5 Å². The second kappa shape index (κ2) is 3.69. The van der Waals surface area contributed by atoms with Crippen LogP contribution in [-0.4, -0.2) is 15.3 Å². The third-order valence-corrected chi connectivity index (χ3v) is 3.04. The van der Waals surface area contributed by atoms with Crippen LogP contribution >= 0.6 is 0 Å². The Morgan fingerprint density at radius 2 is 2.00 bits per heavy atom. The van der Waals surface area contributed by atoms with Crippen molar-refractivity contribution in [2.45, 2.75) is 33.1 Å². The van der Waals surface area contributed by atoms with Gasteiger partial charge in [0.05, 0.1) is 0 Å². The molecule has 0 aliphatic rings. The molecule has 0 radical (unpaired) electrons. The summed E-state index contributed by atoms with van der Waals surface area (Å²) in [6, 6.07) is 2.01. The van der Waals surface area contributed by atoms with Gasteiger partial charge in [-0.2, -0.15) is 0 Å². The lowest BCUT2D eigenvalue weighted by molar-refractivity contribution is 0.101. The van der Waals surface area contributed by atoms with Gasteiger partial charge in [-0.25, -0.2) is 4.98 Å². The van der Waals surface area contributed by atoms with E-state index in [-0.39, 0.29) is 11.2 Å². The van der Waals surface area contributed by atoms with Crippen molar-refractivity contribution in [2.75, 3.05) is 0 Å². The third kappa shape index (κ3) is 1.86. The monoisotopic (exact) mass is 230 g/mol. The number of hydrogen-bond donors (Lipinski definition) is 0. The van der Waals surface area contributed by atoms with Crippen LogP contribution in [0.2, 0.25) is 0 Å². The quantitative estimate of drug-likeness (QED) is 0.706. The molecule has 0 unspecified atom stereocenters. The first-order chi connectivity index (χ1) is 7.82. The number of nitrogens with zero attached hydrogens (tertiary/aromatic N) is 2. The Kier molecular flexibility index (Phi) is 2.57. The highest BCUT2D eigenvalue weighted by atomic mass is 16.1. The first-order valence-corrected chi connectivity index (χ1v) is 5.78. The average molecular weight is 230 g/mol. The minimum Gasteiger partial charge on any atom is -0.335 e. The first-order valence-electron chi connectivity index (χ1n) is 5.78. The van der Waals surface area contributed by atoms with Gasteiger partial charge in [-0.1, -0.05) is 20.8 Å². The van der Waals surface area contributed by atoms with Crippen LogP contribution in [0.4, 0.5) is 0 Å². The topological polar surface area (TPSA) is 34.9 Å². The van der Waals surface area contributed by atoms with Crippen molar-refractivity contribution in [3.8, 4) is 0 Å². The number of ketones is 1. The van der Waals surface area contributed by atoms with Gasteiger partial charge in [-0.15, -0.1) is 0 Å². The van der Waals surface area contributed by atoms with Gasteiger partial charge >= 0.3 is 0 Å². The summed E-state index contributed by atoms with van der Waals surface area (Å²) < 4.78 is 1.92. The fourth-order valence-electron chi connectivity index (χ4n) is 2.19. The highest BCUT2D eigenvalue weighted by Gasteiger charge is 2.22. The van der Waals surface area contributed by atoms with E-state index in [1.165, 1.54) is 5.56 Å². The highest BCUT2D eigenvalue weighted by molar-refractivity contribution is 6.07. The van der Waals surface area contributed by atoms with Crippen molar-refractivity contribution in [3.05, 3.63) is 29.6 Å². The van der Waals surface area contributed by atoms with Crippen molar-refractivity contribution in [1.82, 2.24) is 9.55 Å². The number of carbonyl (C=O) groups is 1. The minimum absolute atomic E-state index is 0.00669. The van der Waals surface area contributed by atoms with E-state index < -0.39 is 0 Å². The Hall–Kier alpha value is -1.64. The molecule has 2 aromatic rings. The van der Waals surface area contributed by atoms with Crippen molar-refractivity contribution >= 4 is 16.8 Å². The van der Waals surface area contributed by atoms with Gasteiger partial charge in [-0.05, 0) is 24.0 Å². The number of fused-ring (bicyclic) bond motifs is 1. The van der Waals surface area contributed by atoms with Crippen LogP contribution in [0, 0.1) is 0 Å². The van der Waals surface area contributed by atoms with Crippen LogP contribution < -0.4 is 0 Å². The van der Waals surface area contributed by atoms with E-state index >= 15 is 0 Å². The molecule has 3 heteroatoms. The van der Waals surface area contributed by atoms with Gasteiger partial charge in [0.2, 0.25) is 0 Å². The lowest BCUT2D eigenvalue weighted by atomic mass is 9.84. The molecule has 0 aromatic carbocycles. The van der Waals surface area contributed by atoms with E-state index in [0.717, 1.165) is 16.6 Å². The Labute approximate surface area is 101 Å². The molecule has 2 aromatic heterocycles. The first kappa shape index (κ1) is 11.8. The predicted octanol–water partition coefficient (Wildman–Crippen LogP) is 3.07. The van der Waals surface area contributed by atoms with Crippen molar-refractivity contribution in [2.24, 2.45) is 7.05 Å². The highest BCUT2D eigenvalue weighted by Crippen LogP contribution is 2.32. The zero-order valence-electron chi connectivity index (χ0n) is 11.0. The van der Waals surface area contributed by atoms with Crippen LogP contribution in [0.15, 0.2) is 18.5 Å². The van der Waals surface area contributed by atoms with E-state index in [2.05, 4.69) is 25.8 Å². The van der Waals surface area contributed by atoms with Gasteiger partial charge in [0.25, 0.3) is 0 Å². The summed E-state index contributed by atoms with van der Waals surface area (Å²) in [5, 5.41) is 0.995. The summed E-state index contributed by atoms with van der Waals surface area (Å²) in [4.78, 5) is 16.1. The van der Waals surface area contributed by atoms with E-state index in [9.17, 15) is 4.79 Å². The zero-order valence-corrected chi connectivity index (χ0v) is 11.0. The van der Waals surface area contributed by atoms with Gasteiger partial charge in [0.15, 0.2) is 5.78 Å². The van der Waals surface area contributed by atoms with Gasteiger partial charge in [0.1, 0.15) is 5.65 Å². The fourth-order valence-corrected chi connectivity index (χ4v) is 2.19. The second-order valence-corrected chi connectivity index (χ2v) is 5.52. The summed E-state index contributed by atoms with van der Waals surface area (Å²) in [6.07, 6.45) is 3.68. The number of aromatic nitrogens is 2. The predicted molar refractivity (Wildman–Crippen MR) is 69.4 cm³/mol. The summed E-state index contributed by atoms with van der Waals surface area (Å²) in [5.74, 6) is 0.0918. The molecule has 90 valence electrons. The smallest absolute Gasteiger partial charge is 0.162 e. The molecule has 0 spiro atoms. The number of pyridine rings is 1. The van der Waals surface area contributed by atoms with Gasteiger partial charge in [0, 0.05) is 30.4 Å². The SMILES string of the molecule is CC(=O)c1cn(C)c2nccc(C(C)(C)C)c12. The van der Waals surface area contributed by atoms with Crippen molar-refractivity contribution < 1.29 is 4.79 Å². The second-order valence-electron chi connectivity index (χ2n) is 5.52. The number of rotatable bonds is 1. The molecule has 0 saturated carbocycles. The van der Waals surface area contributed by atoms with Crippen LogP contribution in [0.1, 0.15) is 43.6 Å². The molecule has 0 bridgehead atoms. The molecule has 17 heavy (non-hydrogen) atoms. The average Bonchev–Trinajstić information content (AvgIpc) is 2.55. The van der Waals surface area contributed by atoms with Gasteiger partial charge in [-0.3, -0.25) is 4.79 Å². The molecule has 2 heterocycles. The summed E-state index contributed by atoms with van der Waals surface area (Å²) in [5.41, 5.74) is 2.82. The summed E-state index contributed by atoms with van der Waals surface area (Å²) >= 11 is 0. The van der Waals surface area contributed by atoms with Crippen molar-refractivity contribution in [3.63, 3.8) is 0 Å². The van der Waals surface area contributed by atoms with Crippen LogP contribution in [0.3, 0.4) is 0 Å². The van der Waals surface area contributed by atoms with E-state index in [1.54, 1.807) is 6.92 Å². The molecule has 0 fully saturated rings. The normalized spacial score (nSPS) is 12.1. The minimum atomic E-state index is 0.00669. The molecule has 3 nitrogen and oxygen atoms in total. The fraction of sp³-hybridized carbons (Fsp3) is 0.429. The molecule has 0 amide bonds. The molecular weight excluding hydrogens is 212 g/mol. The molecule has 0 aliphatic carbocycles. The van der Waals surface area contributed by atoms with Gasteiger partial charge < -0.3 is 4.57 Å². The zero-order chi connectivity index (χ0) is 12.8. The standard InChI is InChI=1S/C14H18N2O/c1-9(17)10-8-16(5)13-12(10)11(6-7-15-13)14(2,3)4/h6-8H,1-5H3. The number of aryl methyl sites for hydroxylation is 1. The molecule has 2 rings (SSSR count). The van der Waals surface area contributed by atoms with E-state index in [1.807, 2.05) is 30.1 Å². The Morgan fingerprint density at radius 1 is 1.35 bits per heavy atom. The largest absolute Gasteiger partial charge is 0.335 e. The number of hydrogen-bond acceptors (Lipinski definition) is 2. The van der Waals surface area contributed by atoms with E-state index in [0.29, 0.717) is 0 Å². The number of Topliss-reactive ketones (excluding diaryl/α,β-unsaturated/α-hetero) is 1. The Balaban J connectivity index is 2.91. The summed E-state index contributed by atoms with van der Waals surface area (Å²) in [7, 11) is 1.92. The molecule has 0 saturated heterocycles. The number of carbonyl (C=O) groups excluding carboxylic acids is 1. The maximum atomic E-state index is 11.7. The van der Waals surface area contributed by atoms with Crippen LogP contribution in [0.25, 0.3) is 11.0 Å². The van der Waals surface area contributed by atoms with Crippen molar-refractivity contribution in [1.29, 1.82) is 0 Å². The Bertz CT molecular complexity index is 588. The third-order valence-electron chi connectivity index (χ3n) is 3.04. The molecule has 0 N–H and O–H groups in total. The molecular formula is C14H18N2O. The lowest BCUT2D eigenvalue weighted by Gasteiger charge is -2.20. The molecule has 0 aliphatic heterocycles. The maximum Gasteiger partial charge on any atom is 0.162 e. The lowest BCUT2D eigenvalue weighted by Crippen LogP contribution is -2.12.